The molecule has 1 aromatic carbocycles. The summed E-state index contributed by atoms with van der Waals surface area (Å²) in [5, 5.41) is 3.42. The number of nitrogens with one attached hydrogen (secondary N) is 1. The van der Waals surface area contributed by atoms with Crippen LogP contribution in [0.2, 0.25) is 0 Å². The topological polar surface area (TPSA) is 12.0 Å². The Balaban J connectivity index is 2.62. The number of likely N-dealkylation sites (N-methyl/N-ethyl adjacent to an activating group) is 1. The van der Waals surface area contributed by atoms with Crippen LogP contribution >= 0.6 is 0 Å². The molecule has 0 aliphatic rings. The summed E-state index contributed by atoms with van der Waals surface area (Å²) in [4.78, 5) is 0. The number of aryl methyl sites for hydroxylation is 1. The van der Waals surface area contributed by atoms with E-state index in [1.165, 1.54) is 17.5 Å². The lowest BCUT2D eigenvalue weighted by Gasteiger charge is -2.22. The van der Waals surface area contributed by atoms with Crippen molar-refractivity contribution in [1.29, 1.82) is 0 Å². The Kier molecular flexibility index (Phi) is 4.83. The lowest BCUT2D eigenvalue weighted by molar-refractivity contribution is 0.386. The van der Waals surface area contributed by atoms with Crippen LogP contribution < -0.4 is 5.32 Å². The second-order valence-corrected chi connectivity index (χ2v) is 4.47. The second-order valence-electron chi connectivity index (χ2n) is 4.47. The van der Waals surface area contributed by atoms with Gasteiger partial charge >= 0.3 is 0 Å². The van der Waals surface area contributed by atoms with Crippen LogP contribution in [-0.4, -0.2) is 13.1 Å². The van der Waals surface area contributed by atoms with Crippen LogP contribution in [0.15, 0.2) is 24.3 Å². The third kappa shape index (κ3) is 3.67. The summed E-state index contributed by atoms with van der Waals surface area (Å²) in [6.07, 6.45) is 2.36. The molecule has 0 aliphatic heterocycles. The Morgan fingerprint density at radius 1 is 1.20 bits per heavy atom. The third-order valence-electron chi connectivity index (χ3n) is 3.28. The highest BCUT2D eigenvalue weighted by molar-refractivity contribution is 5.22. The molecule has 1 rings (SSSR count). The van der Waals surface area contributed by atoms with Crippen LogP contribution in [0.1, 0.15) is 31.4 Å². The predicted molar refractivity (Wildman–Crippen MR) is 67.2 cm³/mol. The third-order valence-corrected chi connectivity index (χ3v) is 3.28. The second kappa shape index (κ2) is 5.92. The molecule has 0 aliphatic carbocycles. The Bertz CT molecular complexity index is 276. The fourth-order valence-corrected chi connectivity index (χ4v) is 1.85. The summed E-state index contributed by atoms with van der Waals surface area (Å²) in [5.41, 5.74) is 2.77. The Labute approximate surface area is 93.9 Å². The zero-order valence-electron chi connectivity index (χ0n) is 10.4. The molecule has 0 saturated carbocycles. The lowest BCUT2D eigenvalue weighted by Crippen LogP contribution is -2.33. The van der Waals surface area contributed by atoms with Crippen LogP contribution in [0.5, 0.6) is 0 Å². The normalized spacial score (nSPS) is 14.9. The first-order valence-electron chi connectivity index (χ1n) is 5.90. The van der Waals surface area contributed by atoms with E-state index < -0.39 is 0 Å². The number of rotatable bonds is 5. The van der Waals surface area contributed by atoms with Gasteiger partial charge in [-0.2, -0.15) is 0 Å². The molecular weight excluding hydrogens is 182 g/mol. The molecule has 0 spiro atoms. The zero-order chi connectivity index (χ0) is 11.3. The van der Waals surface area contributed by atoms with Crippen molar-refractivity contribution in [2.75, 3.05) is 7.05 Å². The molecule has 2 unspecified atom stereocenters. The van der Waals surface area contributed by atoms with Gasteiger partial charge in [0.25, 0.3) is 0 Å². The number of benzene rings is 1. The molecular formula is C14H23N. The van der Waals surface area contributed by atoms with E-state index in [0.717, 1.165) is 12.3 Å². The van der Waals surface area contributed by atoms with Crippen molar-refractivity contribution in [2.45, 2.75) is 39.7 Å². The average molecular weight is 205 g/mol. The van der Waals surface area contributed by atoms with E-state index in [1.807, 2.05) is 0 Å². The number of hydrogen-bond acceptors (Lipinski definition) is 1. The molecule has 0 radical (unpaired) electrons. The minimum atomic E-state index is 0.595. The minimum Gasteiger partial charge on any atom is -0.316 e. The molecule has 1 aromatic rings. The van der Waals surface area contributed by atoms with Crippen molar-refractivity contribution in [3.63, 3.8) is 0 Å². The molecule has 84 valence electrons. The molecule has 1 nitrogen and oxygen atoms in total. The van der Waals surface area contributed by atoms with E-state index in [4.69, 9.17) is 0 Å². The van der Waals surface area contributed by atoms with Crippen molar-refractivity contribution >= 4 is 0 Å². The van der Waals surface area contributed by atoms with E-state index in [2.05, 4.69) is 57.4 Å². The fraction of sp³-hybridized carbons (Fsp3) is 0.571. The molecule has 0 saturated heterocycles. The summed E-state index contributed by atoms with van der Waals surface area (Å²) in [7, 11) is 2.06. The quantitative estimate of drug-likeness (QED) is 0.778. The van der Waals surface area contributed by atoms with Crippen LogP contribution in [0.25, 0.3) is 0 Å². The van der Waals surface area contributed by atoms with Gasteiger partial charge in [-0.25, -0.2) is 0 Å². The summed E-state index contributed by atoms with van der Waals surface area (Å²) in [6, 6.07) is 9.46. The molecule has 1 heteroatoms. The lowest BCUT2D eigenvalue weighted by atomic mass is 9.93. The van der Waals surface area contributed by atoms with Gasteiger partial charge in [0.1, 0.15) is 0 Å². The minimum absolute atomic E-state index is 0.595. The summed E-state index contributed by atoms with van der Waals surface area (Å²) < 4.78 is 0. The van der Waals surface area contributed by atoms with Gasteiger partial charge in [-0.05, 0) is 31.9 Å². The van der Waals surface area contributed by atoms with Crippen molar-refractivity contribution in [3.8, 4) is 0 Å². The van der Waals surface area contributed by atoms with Gasteiger partial charge in [0.15, 0.2) is 0 Å². The maximum Gasteiger partial charge on any atom is 0.0130 e. The van der Waals surface area contributed by atoms with E-state index in [0.29, 0.717) is 6.04 Å². The van der Waals surface area contributed by atoms with Gasteiger partial charge < -0.3 is 5.32 Å². The van der Waals surface area contributed by atoms with Crippen molar-refractivity contribution < 1.29 is 0 Å². The van der Waals surface area contributed by atoms with Crippen LogP contribution in [-0.2, 0) is 6.42 Å². The van der Waals surface area contributed by atoms with E-state index in [1.54, 1.807) is 0 Å². The molecule has 0 fully saturated rings. The highest BCUT2D eigenvalue weighted by Gasteiger charge is 2.13. The van der Waals surface area contributed by atoms with Crippen molar-refractivity contribution in [1.82, 2.24) is 5.32 Å². The molecule has 15 heavy (non-hydrogen) atoms. The Morgan fingerprint density at radius 2 is 1.80 bits per heavy atom. The Hall–Kier alpha value is -0.820. The van der Waals surface area contributed by atoms with Gasteiger partial charge in [-0.3, -0.25) is 0 Å². The first kappa shape index (κ1) is 12.3. The summed E-state index contributed by atoms with van der Waals surface area (Å²) in [5.74, 6) is 0.733. The average Bonchev–Trinajstić information content (AvgIpc) is 2.27. The zero-order valence-corrected chi connectivity index (χ0v) is 10.4. The molecule has 0 heterocycles. The highest BCUT2D eigenvalue weighted by atomic mass is 14.9. The van der Waals surface area contributed by atoms with Gasteiger partial charge in [0.2, 0.25) is 0 Å². The standard InChI is InChI=1S/C14H23N/c1-5-12(3)14(15-4)10-13-8-6-11(2)7-9-13/h6-9,12,14-15H,5,10H2,1-4H3. The maximum absolute atomic E-state index is 3.42. The number of hydrogen-bond donors (Lipinski definition) is 1. The first-order valence-corrected chi connectivity index (χ1v) is 5.90. The van der Waals surface area contributed by atoms with Crippen molar-refractivity contribution in [2.24, 2.45) is 5.92 Å². The molecule has 0 aromatic heterocycles. The first-order chi connectivity index (χ1) is 7.17. The highest BCUT2D eigenvalue weighted by Crippen LogP contribution is 2.13. The van der Waals surface area contributed by atoms with Gasteiger partial charge in [0, 0.05) is 6.04 Å². The largest absolute Gasteiger partial charge is 0.316 e. The van der Waals surface area contributed by atoms with E-state index in [-0.39, 0.29) is 0 Å². The summed E-state index contributed by atoms with van der Waals surface area (Å²) in [6.45, 7) is 6.70. The smallest absolute Gasteiger partial charge is 0.0130 e. The summed E-state index contributed by atoms with van der Waals surface area (Å²) >= 11 is 0. The van der Waals surface area contributed by atoms with E-state index in [9.17, 15) is 0 Å². The van der Waals surface area contributed by atoms with Crippen LogP contribution in [0, 0.1) is 12.8 Å². The predicted octanol–water partition coefficient (Wildman–Crippen LogP) is 3.17. The monoisotopic (exact) mass is 205 g/mol. The van der Waals surface area contributed by atoms with Gasteiger partial charge in [0.05, 0.1) is 0 Å². The Morgan fingerprint density at radius 3 is 2.27 bits per heavy atom. The van der Waals surface area contributed by atoms with Crippen LogP contribution in [0.4, 0.5) is 0 Å². The van der Waals surface area contributed by atoms with Crippen molar-refractivity contribution in [3.05, 3.63) is 35.4 Å². The fourth-order valence-electron chi connectivity index (χ4n) is 1.85. The van der Waals surface area contributed by atoms with Crippen LogP contribution in [0.3, 0.4) is 0 Å². The molecule has 1 N–H and O–H groups in total. The molecule has 0 bridgehead atoms. The molecule has 0 amide bonds. The maximum atomic E-state index is 3.42. The SMILES string of the molecule is CCC(C)C(Cc1ccc(C)cc1)NC. The van der Waals surface area contributed by atoms with Gasteiger partial charge in [-0.15, -0.1) is 0 Å². The molecule has 2 atom stereocenters. The van der Waals surface area contributed by atoms with E-state index >= 15 is 0 Å². The van der Waals surface area contributed by atoms with Gasteiger partial charge in [-0.1, -0.05) is 50.1 Å².